The Balaban J connectivity index is 1.40. The minimum Gasteiger partial charge on any atom is -0.361 e. The molecule has 0 unspecified atom stereocenters. The molecule has 0 spiro atoms. The van der Waals surface area contributed by atoms with Gasteiger partial charge in [-0.25, -0.2) is 0 Å². The molecule has 1 aromatic rings. The van der Waals surface area contributed by atoms with Gasteiger partial charge in [0.15, 0.2) is 0 Å². The van der Waals surface area contributed by atoms with Crippen LogP contribution in [0.5, 0.6) is 0 Å². The van der Waals surface area contributed by atoms with Crippen LogP contribution in [0, 0.1) is 18.8 Å². The first-order valence-corrected chi connectivity index (χ1v) is 8.51. The van der Waals surface area contributed by atoms with Crippen molar-refractivity contribution in [3.8, 4) is 0 Å². The number of nitrogens with zero attached hydrogens (tertiary/aromatic N) is 3. The quantitative estimate of drug-likeness (QED) is 0.838. The number of rotatable bonds is 5. The molecular formula is C17H27N3O2. The fraction of sp³-hybridized carbons (Fsp3) is 0.765. The van der Waals surface area contributed by atoms with Gasteiger partial charge < -0.3 is 9.42 Å². The zero-order valence-electron chi connectivity index (χ0n) is 13.8. The Kier molecular flexibility index (Phi) is 4.81. The molecule has 0 atom stereocenters. The van der Waals surface area contributed by atoms with Gasteiger partial charge in [0.25, 0.3) is 0 Å². The molecule has 1 saturated heterocycles. The highest BCUT2D eigenvalue weighted by molar-refractivity contribution is 5.79. The van der Waals surface area contributed by atoms with E-state index in [2.05, 4.69) is 10.1 Å². The standard InChI is InChI=1S/C17H27N3O2/c1-13-10-16(18-22-13)12-20-8-6-14(7-9-20)11-19(2)17(21)15-4-3-5-15/h10,14-15H,3-9,11-12H2,1-2H3. The number of carbonyl (C=O) groups excluding carboxylic acids is 1. The number of hydrogen-bond donors (Lipinski definition) is 0. The van der Waals surface area contributed by atoms with Gasteiger partial charge in [-0.05, 0) is 51.6 Å². The molecule has 1 amide bonds. The predicted molar refractivity (Wildman–Crippen MR) is 84.2 cm³/mol. The van der Waals surface area contributed by atoms with Gasteiger partial charge in [-0.2, -0.15) is 0 Å². The second-order valence-corrected chi connectivity index (χ2v) is 7.00. The van der Waals surface area contributed by atoms with Crippen LogP contribution < -0.4 is 0 Å². The van der Waals surface area contributed by atoms with Crippen molar-refractivity contribution in [1.82, 2.24) is 15.0 Å². The Morgan fingerprint density at radius 3 is 2.64 bits per heavy atom. The Labute approximate surface area is 132 Å². The van der Waals surface area contributed by atoms with Crippen LogP contribution in [0.2, 0.25) is 0 Å². The van der Waals surface area contributed by atoms with Crippen LogP contribution in [-0.4, -0.2) is 47.5 Å². The fourth-order valence-electron chi connectivity index (χ4n) is 3.49. The second kappa shape index (κ2) is 6.82. The zero-order chi connectivity index (χ0) is 15.5. The van der Waals surface area contributed by atoms with Crippen LogP contribution in [0.4, 0.5) is 0 Å². The van der Waals surface area contributed by atoms with Crippen LogP contribution in [0.3, 0.4) is 0 Å². The summed E-state index contributed by atoms with van der Waals surface area (Å²) in [5, 5.41) is 4.07. The van der Waals surface area contributed by atoms with Crippen LogP contribution in [0.1, 0.15) is 43.6 Å². The summed E-state index contributed by atoms with van der Waals surface area (Å²) in [6.07, 6.45) is 5.75. The van der Waals surface area contributed by atoms with Crippen LogP contribution >= 0.6 is 0 Å². The third kappa shape index (κ3) is 3.69. The van der Waals surface area contributed by atoms with Crippen molar-refractivity contribution < 1.29 is 9.32 Å². The van der Waals surface area contributed by atoms with E-state index in [0.717, 1.165) is 50.5 Å². The van der Waals surface area contributed by atoms with Gasteiger partial charge in [-0.1, -0.05) is 11.6 Å². The third-order valence-corrected chi connectivity index (χ3v) is 5.13. The highest BCUT2D eigenvalue weighted by Gasteiger charge is 2.29. The number of carbonyl (C=O) groups is 1. The predicted octanol–water partition coefficient (Wildman–Crippen LogP) is 2.45. The first-order chi connectivity index (χ1) is 10.6. The lowest BCUT2D eigenvalue weighted by Gasteiger charge is -2.35. The molecule has 5 nitrogen and oxygen atoms in total. The zero-order valence-corrected chi connectivity index (χ0v) is 13.8. The molecule has 1 aliphatic heterocycles. The molecule has 22 heavy (non-hydrogen) atoms. The summed E-state index contributed by atoms with van der Waals surface area (Å²) >= 11 is 0. The molecule has 2 heterocycles. The van der Waals surface area contributed by atoms with E-state index in [1.807, 2.05) is 24.9 Å². The molecule has 2 aliphatic rings. The number of piperidine rings is 1. The molecular weight excluding hydrogens is 278 g/mol. The highest BCUT2D eigenvalue weighted by Crippen LogP contribution is 2.28. The number of aryl methyl sites for hydroxylation is 1. The Morgan fingerprint density at radius 1 is 1.36 bits per heavy atom. The smallest absolute Gasteiger partial charge is 0.225 e. The number of hydrogen-bond acceptors (Lipinski definition) is 4. The van der Waals surface area contributed by atoms with Gasteiger partial charge in [-0.3, -0.25) is 9.69 Å². The molecule has 2 fully saturated rings. The Morgan fingerprint density at radius 2 is 2.09 bits per heavy atom. The molecule has 1 aliphatic carbocycles. The van der Waals surface area contributed by atoms with Gasteiger partial charge in [0.2, 0.25) is 5.91 Å². The minimum absolute atomic E-state index is 0.320. The van der Waals surface area contributed by atoms with E-state index < -0.39 is 0 Å². The average molecular weight is 305 g/mol. The largest absolute Gasteiger partial charge is 0.361 e. The Hall–Kier alpha value is -1.36. The van der Waals surface area contributed by atoms with Crippen molar-refractivity contribution in [2.75, 3.05) is 26.7 Å². The maximum Gasteiger partial charge on any atom is 0.225 e. The van der Waals surface area contributed by atoms with E-state index in [1.165, 1.54) is 19.3 Å². The number of likely N-dealkylation sites (tertiary alicyclic amines) is 1. The lowest BCUT2D eigenvalue weighted by atomic mass is 9.84. The monoisotopic (exact) mass is 305 g/mol. The molecule has 1 aromatic heterocycles. The van der Waals surface area contributed by atoms with Crippen LogP contribution in [0.25, 0.3) is 0 Å². The maximum absolute atomic E-state index is 12.2. The Bertz CT molecular complexity index is 502. The lowest BCUT2D eigenvalue weighted by Crippen LogP contribution is -2.42. The average Bonchev–Trinajstić information content (AvgIpc) is 2.84. The molecule has 0 N–H and O–H groups in total. The molecule has 0 bridgehead atoms. The third-order valence-electron chi connectivity index (χ3n) is 5.13. The second-order valence-electron chi connectivity index (χ2n) is 7.00. The number of amides is 1. The molecule has 0 aromatic carbocycles. The fourth-order valence-corrected chi connectivity index (χ4v) is 3.49. The summed E-state index contributed by atoms with van der Waals surface area (Å²) in [7, 11) is 1.98. The molecule has 0 radical (unpaired) electrons. The SMILES string of the molecule is Cc1cc(CN2CCC(CN(C)C(=O)C3CCC3)CC2)no1. The number of aromatic nitrogens is 1. The summed E-state index contributed by atoms with van der Waals surface area (Å²) < 4.78 is 5.12. The van der Waals surface area contributed by atoms with Gasteiger partial charge in [0.05, 0.1) is 5.69 Å². The van der Waals surface area contributed by atoms with Gasteiger partial charge in [0.1, 0.15) is 5.76 Å². The topological polar surface area (TPSA) is 49.6 Å². The summed E-state index contributed by atoms with van der Waals surface area (Å²) in [4.78, 5) is 16.6. The van der Waals surface area contributed by atoms with E-state index in [-0.39, 0.29) is 0 Å². The first-order valence-electron chi connectivity index (χ1n) is 8.51. The van der Waals surface area contributed by atoms with E-state index in [0.29, 0.717) is 17.7 Å². The maximum atomic E-state index is 12.2. The minimum atomic E-state index is 0.320. The van der Waals surface area contributed by atoms with Crippen LogP contribution in [0.15, 0.2) is 10.6 Å². The van der Waals surface area contributed by atoms with E-state index >= 15 is 0 Å². The first kappa shape index (κ1) is 15.5. The van der Waals surface area contributed by atoms with Crippen molar-refractivity contribution >= 4 is 5.91 Å². The normalized spacial score (nSPS) is 20.8. The summed E-state index contributed by atoms with van der Waals surface area (Å²) in [6.45, 7) is 5.90. The van der Waals surface area contributed by atoms with Crippen molar-refractivity contribution in [3.05, 3.63) is 17.5 Å². The van der Waals surface area contributed by atoms with Gasteiger partial charge >= 0.3 is 0 Å². The molecule has 5 heteroatoms. The van der Waals surface area contributed by atoms with Crippen molar-refractivity contribution in [2.24, 2.45) is 11.8 Å². The lowest BCUT2D eigenvalue weighted by molar-refractivity contribution is -0.137. The molecule has 122 valence electrons. The summed E-state index contributed by atoms with van der Waals surface area (Å²) in [5.41, 5.74) is 1.02. The van der Waals surface area contributed by atoms with E-state index in [1.54, 1.807) is 0 Å². The van der Waals surface area contributed by atoms with E-state index in [4.69, 9.17) is 4.52 Å². The van der Waals surface area contributed by atoms with E-state index in [9.17, 15) is 4.79 Å². The highest BCUT2D eigenvalue weighted by atomic mass is 16.5. The van der Waals surface area contributed by atoms with Gasteiger partial charge in [-0.15, -0.1) is 0 Å². The van der Waals surface area contributed by atoms with Crippen molar-refractivity contribution in [2.45, 2.75) is 45.6 Å². The summed E-state index contributed by atoms with van der Waals surface area (Å²) in [6, 6.07) is 2.01. The molecule has 1 saturated carbocycles. The molecule has 3 rings (SSSR count). The van der Waals surface area contributed by atoms with Crippen molar-refractivity contribution in [3.63, 3.8) is 0 Å². The summed E-state index contributed by atoms with van der Waals surface area (Å²) in [5.74, 6) is 2.21. The van der Waals surface area contributed by atoms with Gasteiger partial charge in [0, 0.05) is 32.1 Å². The van der Waals surface area contributed by atoms with Crippen LogP contribution in [-0.2, 0) is 11.3 Å². The van der Waals surface area contributed by atoms with Crippen molar-refractivity contribution in [1.29, 1.82) is 0 Å².